The largest absolute Gasteiger partial charge is 0.326 e. The van der Waals surface area contributed by atoms with Crippen molar-refractivity contribution < 1.29 is 0 Å². The summed E-state index contributed by atoms with van der Waals surface area (Å²) in [6.07, 6.45) is 10.3. The molecule has 0 aliphatic heterocycles. The second-order valence-electron chi connectivity index (χ2n) is 4.83. The number of rotatable bonds is 5. The van der Waals surface area contributed by atoms with Gasteiger partial charge in [-0.25, -0.2) is 0 Å². The van der Waals surface area contributed by atoms with E-state index in [1.807, 2.05) is 13.1 Å². The van der Waals surface area contributed by atoms with Crippen molar-refractivity contribution in [2.24, 2.45) is 11.7 Å². The van der Waals surface area contributed by atoms with Crippen LogP contribution in [0.1, 0.15) is 39.0 Å². The number of allylic oxidation sites excluding steroid dienone is 3. The van der Waals surface area contributed by atoms with E-state index in [0.29, 0.717) is 18.0 Å². The maximum absolute atomic E-state index is 6.07. The standard InChI is InChI=1S/C14H26N2/c1-4-6-11(5-2)9-12-7-8-13(15)14(10-12)16-3/h5,9,12-14,16H,2,4,6-8,10,15H2,1,3H3/b11-9-. The first-order valence-electron chi connectivity index (χ1n) is 6.47. The molecule has 0 saturated heterocycles. The van der Waals surface area contributed by atoms with Crippen LogP contribution in [0.3, 0.4) is 0 Å². The summed E-state index contributed by atoms with van der Waals surface area (Å²) in [5.74, 6) is 0.678. The Hall–Kier alpha value is -0.600. The molecule has 3 unspecified atom stereocenters. The summed E-state index contributed by atoms with van der Waals surface area (Å²) in [6.45, 7) is 6.10. The third-order valence-corrected chi connectivity index (χ3v) is 3.57. The molecule has 1 aliphatic rings. The van der Waals surface area contributed by atoms with E-state index in [4.69, 9.17) is 5.73 Å². The van der Waals surface area contributed by atoms with Gasteiger partial charge in [0.1, 0.15) is 0 Å². The summed E-state index contributed by atoms with van der Waals surface area (Å²) in [5.41, 5.74) is 7.47. The third kappa shape index (κ3) is 3.76. The van der Waals surface area contributed by atoms with E-state index in [1.165, 1.54) is 24.8 Å². The van der Waals surface area contributed by atoms with Gasteiger partial charge in [-0.1, -0.05) is 37.6 Å². The molecule has 1 fully saturated rings. The van der Waals surface area contributed by atoms with Gasteiger partial charge in [0, 0.05) is 12.1 Å². The Balaban J connectivity index is 2.57. The first kappa shape index (κ1) is 13.5. The molecule has 2 heteroatoms. The molecule has 16 heavy (non-hydrogen) atoms. The molecule has 0 spiro atoms. The lowest BCUT2D eigenvalue weighted by Gasteiger charge is -2.33. The summed E-state index contributed by atoms with van der Waals surface area (Å²) >= 11 is 0. The molecule has 3 N–H and O–H groups in total. The molecule has 92 valence electrons. The highest BCUT2D eigenvalue weighted by atomic mass is 14.9. The van der Waals surface area contributed by atoms with E-state index in [2.05, 4.69) is 24.9 Å². The van der Waals surface area contributed by atoms with Crippen LogP contribution in [0.2, 0.25) is 0 Å². The molecule has 0 radical (unpaired) electrons. The van der Waals surface area contributed by atoms with Crippen LogP contribution in [-0.4, -0.2) is 19.1 Å². The lowest BCUT2D eigenvalue weighted by molar-refractivity contribution is 0.297. The van der Waals surface area contributed by atoms with Crippen molar-refractivity contribution in [1.82, 2.24) is 5.32 Å². The summed E-state index contributed by atoms with van der Waals surface area (Å²) < 4.78 is 0. The minimum absolute atomic E-state index is 0.327. The zero-order valence-electron chi connectivity index (χ0n) is 10.7. The summed E-state index contributed by atoms with van der Waals surface area (Å²) in [6, 6.07) is 0.802. The Labute approximate surface area is 100.0 Å². The Morgan fingerprint density at radius 1 is 1.50 bits per heavy atom. The smallest absolute Gasteiger partial charge is 0.0221 e. The maximum atomic E-state index is 6.07. The Bertz CT molecular complexity index is 245. The number of hydrogen-bond acceptors (Lipinski definition) is 2. The zero-order chi connectivity index (χ0) is 12.0. The molecule has 0 bridgehead atoms. The maximum Gasteiger partial charge on any atom is 0.0221 e. The van der Waals surface area contributed by atoms with E-state index in [1.54, 1.807) is 0 Å². The molecule has 3 atom stereocenters. The van der Waals surface area contributed by atoms with Crippen LogP contribution in [0.5, 0.6) is 0 Å². The Kier molecular flexibility index (Phi) is 5.78. The number of hydrogen-bond donors (Lipinski definition) is 2. The molecule has 0 heterocycles. The number of likely N-dealkylation sites (N-methyl/N-ethyl adjacent to an activating group) is 1. The summed E-state index contributed by atoms with van der Waals surface area (Å²) in [5, 5.41) is 3.33. The first-order chi connectivity index (χ1) is 7.71. The normalized spacial score (nSPS) is 31.4. The quantitative estimate of drug-likeness (QED) is 0.702. The van der Waals surface area contributed by atoms with Crippen LogP contribution in [0.4, 0.5) is 0 Å². The van der Waals surface area contributed by atoms with Crippen LogP contribution >= 0.6 is 0 Å². The van der Waals surface area contributed by atoms with Crippen molar-refractivity contribution in [1.29, 1.82) is 0 Å². The van der Waals surface area contributed by atoms with Gasteiger partial charge in [-0.15, -0.1) is 0 Å². The van der Waals surface area contributed by atoms with Gasteiger partial charge in [0.15, 0.2) is 0 Å². The van der Waals surface area contributed by atoms with Gasteiger partial charge in [-0.05, 0) is 38.6 Å². The van der Waals surface area contributed by atoms with Crippen LogP contribution in [0.25, 0.3) is 0 Å². The molecule has 0 amide bonds. The highest BCUT2D eigenvalue weighted by Crippen LogP contribution is 2.26. The minimum atomic E-state index is 0.327. The van der Waals surface area contributed by atoms with Gasteiger partial charge in [-0.2, -0.15) is 0 Å². The summed E-state index contributed by atoms with van der Waals surface area (Å²) in [7, 11) is 2.01. The van der Waals surface area contributed by atoms with Crippen LogP contribution < -0.4 is 11.1 Å². The predicted molar refractivity (Wildman–Crippen MR) is 71.4 cm³/mol. The van der Waals surface area contributed by atoms with E-state index < -0.39 is 0 Å². The molecule has 1 rings (SSSR count). The van der Waals surface area contributed by atoms with Crippen molar-refractivity contribution in [2.75, 3.05) is 7.05 Å². The second kappa shape index (κ2) is 6.87. The lowest BCUT2D eigenvalue weighted by Crippen LogP contribution is -2.47. The molecule has 2 nitrogen and oxygen atoms in total. The Morgan fingerprint density at radius 2 is 2.25 bits per heavy atom. The highest BCUT2D eigenvalue weighted by Gasteiger charge is 2.25. The molecule has 0 aromatic rings. The van der Waals surface area contributed by atoms with Crippen LogP contribution in [0.15, 0.2) is 24.3 Å². The van der Waals surface area contributed by atoms with Gasteiger partial charge >= 0.3 is 0 Å². The average molecular weight is 222 g/mol. The lowest BCUT2D eigenvalue weighted by atomic mass is 9.81. The van der Waals surface area contributed by atoms with Gasteiger partial charge in [-0.3, -0.25) is 0 Å². The van der Waals surface area contributed by atoms with E-state index in [0.717, 1.165) is 12.8 Å². The second-order valence-corrected chi connectivity index (χ2v) is 4.83. The van der Waals surface area contributed by atoms with Crippen molar-refractivity contribution in [3.05, 3.63) is 24.3 Å². The first-order valence-corrected chi connectivity index (χ1v) is 6.47. The topological polar surface area (TPSA) is 38.0 Å². The Morgan fingerprint density at radius 3 is 2.81 bits per heavy atom. The van der Waals surface area contributed by atoms with Gasteiger partial charge < -0.3 is 11.1 Å². The number of nitrogens with one attached hydrogen (secondary N) is 1. The molecule has 1 saturated carbocycles. The fourth-order valence-electron chi connectivity index (χ4n) is 2.55. The molecular formula is C14H26N2. The molecular weight excluding hydrogens is 196 g/mol. The fourth-order valence-corrected chi connectivity index (χ4v) is 2.55. The van der Waals surface area contributed by atoms with Gasteiger partial charge in [0.05, 0.1) is 0 Å². The van der Waals surface area contributed by atoms with Crippen molar-refractivity contribution in [2.45, 2.75) is 51.1 Å². The molecule has 0 aromatic carbocycles. The SMILES string of the molecule is C=C/C(=C/C1CCC(N)C(NC)C1)CCC. The fraction of sp³-hybridized carbons (Fsp3) is 0.714. The van der Waals surface area contributed by atoms with Crippen LogP contribution in [-0.2, 0) is 0 Å². The minimum Gasteiger partial charge on any atom is -0.326 e. The summed E-state index contributed by atoms with van der Waals surface area (Å²) in [4.78, 5) is 0. The van der Waals surface area contributed by atoms with E-state index in [-0.39, 0.29) is 0 Å². The monoisotopic (exact) mass is 222 g/mol. The molecule has 0 aromatic heterocycles. The van der Waals surface area contributed by atoms with E-state index in [9.17, 15) is 0 Å². The highest BCUT2D eigenvalue weighted by molar-refractivity contribution is 5.17. The van der Waals surface area contributed by atoms with Crippen molar-refractivity contribution in [3.63, 3.8) is 0 Å². The third-order valence-electron chi connectivity index (χ3n) is 3.57. The predicted octanol–water partition coefficient (Wildman–Crippen LogP) is 2.61. The van der Waals surface area contributed by atoms with Crippen LogP contribution in [0, 0.1) is 5.92 Å². The molecule has 1 aliphatic carbocycles. The average Bonchev–Trinajstić information content (AvgIpc) is 2.30. The van der Waals surface area contributed by atoms with Crippen molar-refractivity contribution in [3.8, 4) is 0 Å². The number of nitrogens with two attached hydrogens (primary N) is 1. The zero-order valence-corrected chi connectivity index (χ0v) is 10.7. The van der Waals surface area contributed by atoms with Crippen molar-refractivity contribution >= 4 is 0 Å². The van der Waals surface area contributed by atoms with Gasteiger partial charge in [0.2, 0.25) is 0 Å². The van der Waals surface area contributed by atoms with E-state index >= 15 is 0 Å². The van der Waals surface area contributed by atoms with Gasteiger partial charge in [0.25, 0.3) is 0 Å².